The lowest BCUT2D eigenvalue weighted by Crippen LogP contribution is -2.28. The Bertz CT molecular complexity index is 1070. The number of anilines is 3. The van der Waals surface area contributed by atoms with Crippen molar-refractivity contribution >= 4 is 57.9 Å². The first-order valence-corrected chi connectivity index (χ1v) is 9.80. The molecule has 1 aromatic carbocycles. The number of carbonyl (C=O) groups excluding carboxylic acids is 1. The molecule has 0 bridgehead atoms. The first-order valence-electron chi connectivity index (χ1n) is 9.05. The van der Waals surface area contributed by atoms with Crippen LogP contribution in [0.5, 0.6) is 0 Å². The Morgan fingerprint density at radius 1 is 1.21 bits per heavy atom. The quantitative estimate of drug-likeness (QED) is 0.569. The van der Waals surface area contributed by atoms with Crippen molar-refractivity contribution in [2.24, 2.45) is 11.7 Å². The number of nitrogens with zero attached hydrogens (tertiary/aromatic N) is 4. The minimum Gasteiger partial charge on any atom is -0.369 e. The van der Waals surface area contributed by atoms with E-state index in [1.54, 1.807) is 0 Å². The highest BCUT2D eigenvalue weighted by Crippen LogP contribution is 2.38. The summed E-state index contributed by atoms with van der Waals surface area (Å²) in [6, 6.07) is 2.58. The number of rotatable bonds is 4. The van der Waals surface area contributed by atoms with Crippen LogP contribution < -0.4 is 16.8 Å². The molecule has 5 N–H and O–H groups in total. The summed E-state index contributed by atoms with van der Waals surface area (Å²) in [5.74, 6) is -0.597. The number of primary amides is 1. The van der Waals surface area contributed by atoms with Gasteiger partial charge in [-0.3, -0.25) is 9.36 Å². The fourth-order valence-electron chi connectivity index (χ4n) is 3.73. The van der Waals surface area contributed by atoms with E-state index in [4.69, 9.17) is 34.7 Å². The molecule has 0 atom stereocenters. The zero-order valence-corrected chi connectivity index (χ0v) is 16.7. The number of imidazole rings is 1. The highest BCUT2D eigenvalue weighted by atomic mass is 35.5. The van der Waals surface area contributed by atoms with E-state index in [1.165, 1.54) is 18.3 Å². The van der Waals surface area contributed by atoms with Crippen molar-refractivity contribution < 1.29 is 9.18 Å². The molecule has 29 heavy (non-hydrogen) atoms. The highest BCUT2D eigenvalue weighted by molar-refractivity contribution is 6.36. The third-order valence-corrected chi connectivity index (χ3v) is 5.68. The second kappa shape index (κ2) is 7.64. The molecule has 1 aliphatic rings. The number of hydrogen-bond donors (Lipinski definition) is 3. The molecule has 152 valence electrons. The van der Waals surface area contributed by atoms with Crippen LogP contribution >= 0.6 is 23.2 Å². The summed E-state index contributed by atoms with van der Waals surface area (Å²) in [5.41, 5.74) is 12.3. The predicted octanol–water partition coefficient (Wildman–Crippen LogP) is 3.81. The Morgan fingerprint density at radius 2 is 1.93 bits per heavy atom. The number of nitrogen functional groups attached to an aromatic ring is 1. The van der Waals surface area contributed by atoms with E-state index in [0.29, 0.717) is 42.8 Å². The molecule has 0 spiro atoms. The van der Waals surface area contributed by atoms with Crippen molar-refractivity contribution in [3.05, 3.63) is 34.2 Å². The third kappa shape index (κ3) is 3.79. The van der Waals surface area contributed by atoms with Crippen LogP contribution in [-0.4, -0.2) is 25.4 Å². The molecule has 1 amide bonds. The van der Waals surface area contributed by atoms with Crippen LogP contribution in [0.3, 0.4) is 0 Å². The molecular weight excluding hydrogens is 420 g/mol. The van der Waals surface area contributed by atoms with Crippen molar-refractivity contribution in [3.8, 4) is 0 Å². The van der Waals surface area contributed by atoms with Gasteiger partial charge in [0.05, 0.1) is 16.9 Å². The average Bonchev–Trinajstić information content (AvgIpc) is 3.01. The smallest absolute Gasteiger partial charge is 0.222 e. The van der Waals surface area contributed by atoms with Gasteiger partial charge in [-0.1, -0.05) is 23.2 Å². The normalized spacial score (nSPS) is 19.4. The summed E-state index contributed by atoms with van der Waals surface area (Å²) >= 11 is 12.0. The highest BCUT2D eigenvalue weighted by Gasteiger charge is 2.29. The maximum Gasteiger partial charge on any atom is 0.222 e. The SMILES string of the molecule is Nc1ncc2nc(Nc3c(F)cc(Cl)cc3Cl)n([C@H]3CC[C@@H](C(N)=O)CC3)c2n1. The van der Waals surface area contributed by atoms with Crippen LogP contribution in [0.4, 0.5) is 22.0 Å². The molecule has 1 fully saturated rings. The third-order valence-electron chi connectivity index (χ3n) is 5.16. The Kier molecular flexibility index (Phi) is 5.18. The van der Waals surface area contributed by atoms with Gasteiger partial charge in [0, 0.05) is 17.0 Å². The largest absolute Gasteiger partial charge is 0.369 e. The van der Waals surface area contributed by atoms with Crippen molar-refractivity contribution in [3.63, 3.8) is 0 Å². The van der Waals surface area contributed by atoms with Crippen LogP contribution in [0.25, 0.3) is 11.2 Å². The monoisotopic (exact) mass is 437 g/mol. The molecule has 0 saturated heterocycles. The molecule has 4 rings (SSSR count). The Balaban J connectivity index is 1.77. The van der Waals surface area contributed by atoms with E-state index in [2.05, 4.69) is 20.3 Å². The number of nitrogens with two attached hydrogens (primary N) is 2. The van der Waals surface area contributed by atoms with Gasteiger partial charge in [-0.25, -0.2) is 14.4 Å². The molecule has 11 heteroatoms. The predicted molar refractivity (Wildman–Crippen MR) is 110 cm³/mol. The summed E-state index contributed by atoms with van der Waals surface area (Å²) in [7, 11) is 0. The van der Waals surface area contributed by atoms with Gasteiger partial charge in [-0.2, -0.15) is 4.98 Å². The molecule has 2 heterocycles. The lowest BCUT2D eigenvalue weighted by Gasteiger charge is -2.29. The standard InChI is InChI=1S/C18H18Cl2FN7O/c19-9-5-11(20)14(12(21)6-9)26-18-25-13-7-24-17(23)27-16(13)28(18)10-3-1-8(2-4-10)15(22)29/h5-8,10H,1-4H2,(H2,22,29)(H,25,26)(H2,23,24,27)/t8-,10+. The first kappa shape index (κ1) is 19.7. The van der Waals surface area contributed by atoms with Crippen molar-refractivity contribution in [1.82, 2.24) is 19.5 Å². The molecule has 1 saturated carbocycles. The number of hydrogen-bond acceptors (Lipinski definition) is 6. The molecule has 8 nitrogen and oxygen atoms in total. The van der Waals surface area contributed by atoms with Gasteiger partial charge >= 0.3 is 0 Å². The van der Waals surface area contributed by atoms with Gasteiger partial charge < -0.3 is 16.8 Å². The van der Waals surface area contributed by atoms with Gasteiger partial charge in [0.1, 0.15) is 11.3 Å². The van der Waals surface area contributed by atoms with Gasteiger partial charge in [0.15, 0.2) is 5.65 Å². The molecule has 0 radical (unpaired) electrons. The van der Waals surface area contributed by atoms with Gasteiger partial charge in [-0.05, 0) is 37.8 Å². The van der Waals surface area contributed by atoms with Crippen molar-refractivity contribution in [2.75, 3.05) is 11.1 Å². The summed E-state index contributed by atoms with van der Waals surface area (Å²) < 4.78 is 16.3. The summed E-state index contributed by atoms with van der Waals surface area (Å²) in [4.78, 5) is 24.3. The maximum atomic E-state index is 14.5. The topological polar surface area (TPSA) is 125 Å². The van der Waals surface area contributed by atoms with Crippen LogP contribution in [0.15, 0.2) is 18.3 Å². The Morgan fingerprint density at radius 3 is 2.59 bits per heavy atom. The number of halogens is 3. The molecular formula is C18H18Cl2FN7O. The maximum absolute atomic E-state index is 14.5. The second-order valence-electron chi connectivity index (χ2n) is 7.02. The van der Waals surface area contributed by atoms with Gasteiger partial charge in [0.2, 0.25) is 17.8 Å². The minimum atomic E-state index is -0.607. The van der Waals surface area contributed by atoms with Crippen LogP contribution in [0, 0.1) is 11.7 Å². The fourth-order valence-corrected chi connectivity index (χ4v) is 4.25. The van der Waals surface area contributed by atoms with Crippen molar-refractivity contribution in [1.29, 1.82) is 0 Å². The van der Waals surface area contributed by atoms with E-state index in [9.17, 15) is 9.18 Å². The Labute approximate surface area is 175 Å². The van der Waals surface area contributed by atoms with E-state index in [0.717, 1.165) is 0 Å². The number of amides is 1. The number of fused-ring (bicyclic) bond motifs is 1. The zero-order chi connectivity index (χ0) is 20.7. The second-order valence-corrected chi connectivity index (χ2v) is 7.86. The lowest BCUT2D eigenvalue weighted by molar-refractivity contribution is -0.122. The van der Waals surface area contributed by atoms with E-state index < -0.39 is 5.82 Å². The van der Waals surface area contributed by atoms with Crippen LogP contribution in [0.1, 0.15) is 31.7 Å². The molecule has 3 aromatic rings. The van der Waals surface area contributed by atoms with Crippen LogP contribution in [0.2, 0.25) is 10.0 Å². The molecule has 2 aromatic heterocycles. The van der Waals surface area contributed by atoms with Crippen LogP contribution in [-0.2, 0) is 4.79 Å². The molecule has 1 aliphatic carbocycles. The summed E-state index contributed by atoms with van der Waals surface area (Å²) in [6.45, 7) is 0. The van der Waals surface area contributed by atoms with E-state index in [1.807, 2.05) is 4.57 Å². The number of benzene rings is 1. The number of nitrogens with one attached hydrogen (secondary N) is 1. The molecule has 0 unspecified atom stereocenters. The summed E-state index contributed by atoms with van der Waals surface area (Å²) in [6.07, 6.45) is 4.18. The lowest BCUT2D eigenvalue weighted by atomic mass is 9.85. The van der Waals surface area contributed by atoms with Gasteiger partial charge in [-0.15, -0.1) is 0 Å². The van der Waals surface area contributed by atoms with E-state index in [-0.39, 0.29) is 39.5 Å². The zero-order valence-electron chi connectivity index (χ0n) is 15.2. The van der Waals surface area contributed by atoms with E-state index >= 15 is 0 Å². The van der Waals surface area contributed by atoms with Gasteiger partial charge in [0.25, 0.3) is 0 Å². The Hall–Kier alpha value is -2.65. The molecule has 0 aliphatic heterocycles. The average molecular weight is 438 g/mol. The van der Waals surface area contributed by atoms with Crippen molar-refractivity contribution in [2.45, 2.75) is 31.7 Å². The summed E-state index contributed by atoms with van der Waals surface area (Å²) in [5, 5.41) is 3.27. The fraction of sp³-hybridized carbons (Fsp3) is 0.333. The number of aromatic nitrogens is 4. The first-order chi connectivity index (χ1) is 13.8. The number of carbonyl (C=O) groups is 1. The minimum absolute atomic E-state index is 0.0264.